The minimum atomic E-state index is 0.442. The van der Waals surface area contributed by atoms with E-state index in [0.717, 1.165) is 31.7 Å². The molecule has 1 fully saturated rings. The zero-order valence-electron chi connectivity index (χ0n) is 11.5. The molecule has 1 unspecified atom stereocenters. The summed E-state index contributed by atoms with van der Waals surface area (Å²) in [6, 6.07) is 5.94. The van der Waals surface area contributed by atoms with E-state index in [4.69, 9.17) is 21.1 Å². The van der Waals surface area contributed by atoms with E-state index >= 15 is 0 Å². The molecule has 0 amide bonds. The lowest BCUT2D eigenvalue weighted by atomic mass is 10.1. The Hall–Kier alpha value is -0.770. The number of halogens is 1. The topological polar surface area (TPSA) is 30.5 Å². The zero-order chi connectivity index (χ0) is 13.5. The van der Waals surface area contributed by atoms with Crippen LogP contribution >= 0.6 is 11.6 Å². The molecule has 1 atom stereocenters. The van der Waals surface area contributed by atoms with Crippen molar-refractivity contribution in [2.24, 2.45) is 0 Å². The van der Waals surface area contributed by atoms with Crippen LogP contribution in [0.3, 0.4) is 0 Å². The molecule has 0 aliphatic carbocycles. The zero-order valence-corrected chi connectivity index (χ0v) is 12.2. The minimum absolute atomic E-state index is 0.442. The van der Waals surface area contributed by atoms with Crippen LogP contribution in [0, 0.1) is 0 Å². The fraction of sp³-hybridized carbons (Fsp3) is 0.600. The second-order valence-electron chi connectivity index (χ2n) is 4.92. The first-order chi connectivity index (χ1) is 9.29. The molecule has 0 bridgehead atoms. The summed E-state index contributed by atoms with van der Waals surface area (Å²) >= 11 is 6.19. The Kier molecular flexibility index (Phi) is 5.95. The molecule has 3 nitrogen and oxygen atoms in total. The van der Waals surface area contributed by atoms with Crippen LogP contribution < -0.4 is 10.1 Å². The summed E-state index contributed by atoms with van der Waals surface area (Å²) in [6.07, 6.45) is 4.93. The van der Waals surface area contributed by atoms with E-state index in [1.165, 1.54) is 18.4 Å². The smallest absolute Gasteiger partial charge is 0.137 e. The van der Waals surface area contributed by atoms with Crippen LogP contribution in [0.2, 0.25) is 5.02 Å². The van der Waals surface area contributed by atoms with Crippen LogP contribution in [0.4, 0.5) is 0 Å². The maximum Gasteiger partial charge on any atom is 0.137 e. The highest BCUT2D eigenvalue weighted by atomic mass is 35.5. The van der Waals surface area contributed by atoms with Gasteiger partial charge in [0.25, 0.3) is 0 Å². The summed E-state index contributed by atoms with van der Waals surface area (Å²) in [7, 11) is 1.92. The Labute approximate surface area is 120 Å². The van der Waals surface area contributed by atoms with Gasteiger partial charge in [-0.15, -0.1) is 0 Å². The third kappa shape index (κ3) is 4.68. The monoisotopic (exact) mass is 283 g/mol. The van der Waals surface area contributed by atoms with Crippen LogP contribution in [0.15, 0.2) is 18.2 Å². The van der Waals surface area contributed by atoms with Gasteiger partial charge in [0, 0.05) is 13.2 Å². The molecule has 19 heavy (non-hydrogen) atoms. The molecule has 1 aliphatic rings. The van der Waals surface area contributed by atoms with Crippen molar-refractivity contribution in [2.75, 3.05) is 20.3 Å². The highest BCUT2D eigenvalue weighted by Gasteiger charge is 2.14. The SMILES string of the molecule is CNCc1ccc(OCCCC2CCCO2)c(Cl)c1. The summed E-state index contributed by atoms with van der Waals surface area (Å²) in [5.74, 6) is 0.772. The second kappa shape index (κ2) is 7.73. The van der Waals surface area contributed by atoms with Gasteiger partial charge in [-0.2, -0.15) is 0 Å². The molecule has 0 spiro atoms. The highest BCUT2D eigenvalue weighted by molar-refractivity contribution is 6.32. The van der Waals surface area contributed by atoms with Crippen molar-refractivity contribution in [1.82, 2.24) is 5.32 Å². The Bertz CT molecular complexity index is 392. The molecule has 1 aromatic rings. The predicted octanol–water partition coefficient (Wildman–Crippen LogP) is 3.40. The highest BCUT2D eigenvalue weighted by Crippen LogP contribution is 2.26. The molecular weight excluding hydrogens is 262 g/mol. The van der Waals surface area contributed by atoms with E-state index in [1.54, 1.807) is 0 Å². The standard InChI is InChI=1S/C15H22ClNO2/c1-17-11-12-6-7-15(14(16)10-12)19-9-3-5-13-4-2-8-18-13/h6-7,10,13,17H,2-5,8-9,11H2,1H3. The third-order valence-electron chi connectivity index (χ3n) is 3.33. The summed E-state index contributed by atoms with van der Waals surface area (Å²) < 4.78 is 11.3. The second-order valence-corrected chi connectivity index (χ2v) is 5.33. The Morgan fingerprint density at radius 1 is 1.47 bits per heavy atom. The number of rotatable bonds is 7. The van der Waals surface area contributed by atoms with Gasteiger partial charge in [-0.25, -0.2) is 0 Å². The maximum atomic E-state index is 6.19. The average Bonchev–Trinajstić information content (AvgIpc) is 2.90. The molecule has 0 saturated carbocycles. The van der Waals surface area contributed by atoms with Crippen molar-refractivity contribution in [3.8, 4) is 5.75 Å². The van der Waals surface area contributed by atoms with Crippen molar-refractivity contribution >= 4 is 11.6 Å². The lowest BCUT2D eigenvalue weighted by Crippen LogP contribution is -2.08. The van der Waals surface area contributed by atoms with Crippen LogP contribution in [0.25, 0.3) is 0 Å². The first-order valence-corrected chi connectivity index (χ1v) is 7.35. The number of ether oxygens (including phenoxy) is 2. The van der Waals surface area contributed by atoms with Crippen molar-refractivity contribution in [3.05, 3.63) is 28.8 Å². The molecule has 1 saturated heterocycles. The Balaban J connectivity index is 1.72. The Morgan fingerprint density at radius 2 is 2.37 bits per heavy atom. The number of hydrogen-bond donors (Lipinski definition) is 1. The summed E-state index contributed by atoms with van der Waals surface area (Å²) in [4.78, 5) is 0. The van der Waals surface area contributed by atoms with Crippen molar-refractivity contribution in [1.29, 1.82) is 0 Å². The van der Waals surface area contributed by atoms with Crippen LogP contribution in [-0.4, -0.2) is 26.4 Å². The number of nitrogens with one attached hydrogen (secondary N) is 1. The maximum absolute atomic E-state index is 6.19. The predicted molar refractivity (Wildman–Crippen MR) is 77.9 cm³/mol. The molecule has 2 rings (SSSR count). The lowest BCUT2D eigenvalue weighted by Gasteiger charge is -2.11. The first-order valence-electron chi connectivity index (χ1n) is 6.97. The third-order valence-corrected chi connectivity index (χ3v) is 3.62. The van der Waals surface area contributed by atoms with E-state index in [9.17, 15) is 0 Å². The van der Waals surface area contributed by atoms with Gasteiger partial charge in [0.1, 0.15) is 5.75 Å². The fourth-order valence-corrected chi connectivity index (χ4v) is 2.60. The van der Waals surface area contributed by atoms with Crippen molar-refractivity contribution in [2.45, 2.75) is 38.3 Å². The van der Waals surface area contributed by atoms with Gasteiger partial charge in [0.2, 0.25) is 0 Å². The Morgan fingerprint density at radius 3 is 3.05 bits per heavy atom. The van der Waals surface area contributed by atoms with E-state index in [0.29, 0.717) is 17.7 Å². The van der Waals surface area contributed by atoms with E-state index in [2.05, 4.69) is 5.32 Å². The molecule has 0 radical (unpaired) electrons. The normalized spacial score (nSPS) is 18.7. The summed E-state index contributed by atoms with van der Waals surface area (Å²) in [5.41, 5.74) is 1.17. The minimum Gasteiger partial charge on any atom is -0.492 e. The number of benzene rings is 1. The van der Waals surface area contributed by atoms with Crippen LogP contribution in [-0.2, 0) is 11.3 Å². The largest absolute Gasteiger partial charge is 0.492 e. The number of hydrogen-bond acceptors (Lipinski definition) is 3. The molecule has 106 valence electrons. The van der Waals surface area contributed by atoms with Gasteiger partial charge in [-0.1, -0.05) is 17.7 Å². The van der Waals surface area contributed by atoms with Crippen molar-refractivity contribution in [3.63, 3.8) is 0 Å². The quantitative estimate of drug-likeness (QED) is 0.778. The van der Waals surface area contributed by atoms with Gasteiger partial charge in [-0.3, -0.25) is 0 Å². The molecule has 0 aromatic heterocycles. The van der Waals surface area contributed by atoms with E-state index in [1.807, 2.05) is 25.2 Å². The van der Waals surface area contributed by atoms with E-state index in [-0.39, 0.29) is 0 Å². The van der Waals surface area contributed by atoms with Gasteiger partial charge in [0.15, 0.2) is 0 Å². The molecule has 1 aromatic carbocycles. The van der Waals surface area contributed by atoms with Crippen LogP contribution in [0.1, 0.15) is 31.2 Å². The summed E-state index contributed by atoms with van der Waals surface area (Å²) in [6.45, 7) is 2.44. The van der Waals surface area contributed by atoms with Crippen LogP contribution in [0.5, 0.6) is 5.75 Å². The molecule has 1 aliphatic heterocycles. The van der Waals surface area contributed by atoms with Gasteiger partial charge >= 0.3 is 0 Å². The fourth-order valence-electron chi connectivity index (χ4n) is 2.34. The van der Waals surface area contributed by atoms with Gasteiger partial charge in [-0.05, 0) is 50.4 Å². The molecule has 4 heteroatoms. The lowest BCUT2D eigenvalue weighted by molar-refractivity contribution is 0.0981. The van der Waals surface area contributed by atoms with E-state index < -0.39 is 0 Å². The molecular formula is C15H22ClNO2. The first kappa shape index (κ1) is 14.6. The molecule has 1 N–H and O–H groups in total. The average molecular weight is 284 g/mol. The molecule has 1 heterocycles. The van der Waals surface area contributed by atoms with Crippen molar-refractivity contribution < 1.29 is 9.47 Å². The van der Waals surface area contributed by atoms with Gasteiger partial charge < -0.3 is 14.8 Å². The summed E-state index contributed by atoms with van der Waals surface area (Å²) in [5, 5.41) is 3.79. The van der Waals surface area contributed by atoms with Gasteiger partial charge in [0.05, 0.1) is 17.7 Å².